The normalized spacial score (nSPS) is 19.5. The molecule has 0 atom stereocenters. The van der Waals surface area contributed by atoms with Crippen LogP contribution in [0.2, 0.25) is 0 Å². The van der Waals surface area contributed by atoms with Gasteiger partial charge in [0.2, 0.25) is 5.91 Å². The Morgan fingerprint density at radius 1 is 1.38 bits per heavy atom. The van der Waals surface area contributed by atoms with Gasteiger partial charge in [0, 0.05) is 13.7 Å². The third-order valence-corrected chi connectivity index (χ3v) is 3.20. The van der Waals surface area contributed by atoms with Gasteiger partial charge in [0.25, 0.3) is 0 Å². The molecule has 0 aliphatic heterocycles. The highest BCUT2D eigenvalue weighted by molar-refractivity contribution is 5.85. The van der Waals surface area contributed by atoms with E-state index in [4.69, 9.17) is 4.74 Å². The Morgan fingerprint density at radius 2 is 2.00 bits per heavy atom. The number of carbonyl (C=O) groups is 1. The van der Waals surface area contributed by atoms with Crippen molar-refractivity contribution in [2.24, 2.45) is 5.41 Å². The number of methoxy groups -OCH3 is 1. The summed E-state index contributed by atoms with van der Waals surface area (Å²) in [5.41, 5.74) is -0.787. The van der Waals surface area contributed by atoms with E-state index in [1.165, 1.54) is 0 Å². The molecule has 0 aromatic heterocycles. The summed E-state index contributed by atoms with van der Waals surface area (Å²) in [5.74, 6) is -0.117. The minimum Gasteiger partial charge on any atom is -0.383 e. The number of carbonyl (C=O) groups excluding carboxylic acids is 1. The van der Waals surface area contributed by atoms with E-state index in [0.717, 1.165) is 25.7 Å². The summed E-state index contributed by atoms with van der Waals surface area (Å²) < 4.78 is 4.87. The molecule has 1 N–H and O–H groups in total. The van der Waals surface area contributed by atoms with Crippen LogP contribution >= 0.6 is 0 Å². The molecule has 16 heavy (non-hydrogen) atoms. The Balaban J connectivity index is 2.56. The second kappa shape index (κ2) is 6.49. The van der Waals surface area contributed by atoms with E-state index < -0.39 is 5.41 Å². The molecular weight excluding hydrogens is 204 g/mol. The molecule has 90 valence electrons. The minimum absolute atomic E-state index is 0.117. The maximum Gasteiger partial charge on any atom is 0.240 e. The van der Waals surface area contributed by atoms with Gasteiger partial charge in [-0.05, 0) is 12.8 Å². The smallest absolute Gasteiger partial charge is 0.240 e. The van der Waals surface area contributed by atoms with Crippen LogP contribution in [0.5, 0.6) is 0 Å². The van der Waals surface area contributed by atoms with Crippen LogP contribution in [0.4, 0.5) is 0 Å². The average Bonchev–Trinajstić information content (AvgIpc) is 2.55. The van der Waals surface area contributed by atoms with Crippen molar-refractivity contribution in [1.29, 1.82) is 5.26 Å². The van der Waals surface area contributed by atoms with Crippen LogP contribution in [0.3, 0.4) is 0 Å². The van der Waals surface area contributed by atoms with Crippen LogP contribution in [-0.4, -0.2) is 26.2 Å². The molecular formula is C12H20N2O2. The van der Waals surface area contributed by atoms with E-state index in [1.807, 2.05) is 0 Å². The van der Waals surface area contributed by atoms with Gasteiger partial charge in [-0.1, -0.05) is 25.7 Å². The van der Waals surface area contributed by atoms with Crippen LogP contribution in [0, 0.1) is 16.7 Å². The zero-order chi connectivity index (χ0) is 11.9. The Morgan fingerprint density at radius 3 is 2.50 bits per heavy atom. The van der Waals surface area contributed by atoms with Crippen molar-refractivity contribution in [3.63, 3.8) is 0 Å². The van der Waals surface area contributed by atoms with Gasteiger partial charge in [-0.25, -0.2) is 0 Å². The number of nitrogens with one attached hydrogen (secondary N) is 1. The summed E-state index contributed by atoms with van der Waals surface area (Å²) in [6.45, 7) is 0.978. The van der Waals surface area contributed by atoms with E-state index >= 15 is 0 Å². The number of ether oxygens (including phenoxy) is 1. The van der Waals surface area contributed by atoms with E-state index in [0.29, 0.717) is 26.0 Å². The highest BCUT2D eigenvalue weighted by Gasteiger charge is 2.38. The molecule has 1 amide bonds. The summed E-state index contributed by atoms with van der Waals surface area (Å²) in [4.78, 5) is 12.0. The zero-order valence-corrected chi connectivity index (χ0v) is 9.92. The van der Waals surface area contributed by atoms with Crippen molar-refractivity contribution >= 4 is 5.91 Å². The van der Waals surface area contributed by atoms with Crippen molar-refractivity contribution < 1.29 is 9.53 Å². The van der Waals surface area contributed by atoms with Gasteiger partial charge in [0.15, 0.2) is 0 Å². The minimum atomic E-state index is -0.787. The first-order chi connectivity index (χ1) is 7.75. The average molecular weight is 224 g/mol. The van der Waals surface area contributed by atoms with Crippen LogP contribution in [0.15, 0.2) is 0 Å². The molecule has 0 bridgehead atoms. The van der Waals surface area contributed by atoms with Crippen molar-refractivity contribution in [1.82, 2.24) is 5.32 Å². The molecule has 4 nitrogen and oxygen atoms in total. The molecule has 0 saturated heterocycles. The van der Waals surface area contributed by atoms with Gasteiger partial charge in [-0.2, -0.15) is 5.26 Å². The van der Waals surface area contributed by atoms with Gasteiger partial charge >= 0.3 is 0 Å². The topological polar surface area (TPSA) is 62.1 Å². The number of nitrogens with zero attached hydrogens (tertiary/aromatic N) is 1. The highest BCUT2D eigenvalue weighted by atomic mass is 16.5. The van der Waals surface area contributed by atoms with E-state index in [2.05, 4.69) is 11.4 Å². The maximum absolute atomic E-state index is 12.0. The second-order valence-electron chi connectivity index (χ2n) is 4.36. The third-order valence-electron chi connectivity index (χ3n) is 3.20. The van der Waals surface area contributed by atoms with Gasteiger partial charge in [-0.3, -0.25) is 4.79 Å². The lowest BCUT2D eigenvalue weighted by molar-refractivity contribution is -0.129. The highest BCUT2D eigenvalue weighted by Crippen LogP contribution is 2.34. The Kier molecular flexibility index (Phi) is 5.27. The fourth-order valence-corrected chi connectivity index (χ4v) is 2.16. The fourth-order valence-electron chi connectivity index (χ4n) is 2.16. The quantitative estimate of drug-likeness (QED) is 0.583. The van der Waals surface area contributed by atoms with Crippen LogP contribution in [0.25, 0.3) is 0 Å². The number of amides is 1. The fraction of sp³-hybridized carbons (Fsp3) is 0.833. The molecule has 4 heteroatoms. The first-order valence-electron chi connectivity index (χ1n) is 5.94. The molecule has 0 heterocycles. The molecule has 1 rings (SSSR count). The molecule has 0 aromatic rings. The Bertz CT molecular complexity index is 263. The molecule has 0 aromatic carbocycles. The summed E-state index contributed by atoms with van der Waals surface area (Å²) in [6.07, 6.45) is 5.62. The van der Waals surface area contributed by atoms with Crippen molar-refractivity contribution in [2.75, 3.05) is 20.3 Å². The lowest BCUT2D eigenvalue weighted by Crippen LogP contribution is -2.41. The van der Waals surface area contributed by atoms with Gasteiger partial charge in [0.1, 0.15) is 5.41 Å². The van der Waals surface area contributed by atoms with E-state index in [-0.39, 0.29) is 5.91 Å². The molecule has 1 fully saturated rings. The zero-order valence-electron chi connectivity index (χ0n) is 9.92. The molecule has 0 unspecified atom stereocenters. The maximum atomic E-state index is 12.0. The Labute approximate surface area is 97.0 Å². The van der Waals surface area contributed by atoms with Gasteiger partial charge in [0.05, 0.1) is 12.7 Å². The lowest BCUT2D eigenvalue weighted by Gasteiger charge is -2.23. The summed E-state index contributed by atoms with van der Waals surface area (Å²) in [5, 5.41) is 12.0. The van der Waals surface area contributed by atoms with Gasteiger partial charge in [-0.15, -0.1) is 0 Å². The molecule has 1 saturated carbocycles. The molecule has 0 radical (unpaired) electrons. The van der Waals surface area contributed by atoms with Crippen LogP contribution < -0.4 is 5.32 Å². The van der Waals surface area contributed by atoms with Crippen LogP contribution in [-0.2, 0) is 9.53 Å². The molecule has 0 spiro atoms. The summed E-state index contributed by atoms with van der Waals surface area (Å²) in [6, 6.07) is 2.23. The van der Waals surface area contributed by atoms with Crippen molar-refractivity contribution in [3.05, 3.63) is 0 Å². The standard InChI is InChI=1S/C12H20N2O2/c1-16-9-8-14-11(15)12(10-13)6-4-2-3-5-7-12/h2-9H2,1H3,(H,14,15). The van der Waals surface area contributed by atoms with Crippen molar-refractivity contribution in [3.8, 4) is 6.07 Å². The first kappa shape index (κ1) is 13.0. The van der Waals surface area contributed by atoms with E-state index in [1.54, 1.807) is 7.11 Å². The van der Waals surface area contributed by atoms with Crippen LogP contribution in [0.1, 0.15) is 38.5 Å². The molecule has 1 aliphatic rings. The Hall–Kier alpha value is -1.08. The number of nitriles is 1. The van der Waals surface area contributed by atoms with Crippen molar-refractivity contribution in [2.45, 2.75) is 38.5 Å². The molecule has 1 aliphatic carbocycles. The SMILES string of the molecule is COCCNC(=O)C1(C#N)CCCCCC1. The van der Waals surface area contributed by atoms with Gasteiger partial charge < -0.3 is 10.1 Å². The largest absolute Gasteiger partial charge is 0.383 e. The summed E-state index contributed by atoms with van der Waals surface area (Å²) in [7, 11) is 1.60. The third kappa shape index (κ3) is 3.21. The summed E-state index contributed by atoms with van der Waals surface area (Å²) >= 11 is 0. The number of hydrogen-bond acceptors (Lipinski definition) is 3. The van der Waals surface area contributed by atoms with E-state index in [9.17, 15) is 10.1 Å². The number of hydrogen-bond donors (Lipinski definition) is 1. The monoisotopic (exact) mass is 224 g/mol. The predicted octanol–water partition coefficient (Wildman–Crippen LogP) is 1.61. The lowest BCUT2D eigenvalue weighted by atomic mass is 9.81. The predicted molar refractivity (Wildman–Crippen MR) is 60.6 cm³/mol. The first-order valence-corrected chi connectivity index (χ1v) is 5.94. The second-order valence-corrected chi connectivity index (χ2v) is 4.36. The number of rotatable bonds is 4.